The Morgan fingerprint density at radius 2 is 1.87 bits per heavy atom. The summed E-state index contributed by atoms with van der Waals surface area (Å²) in [5, 5.41) is 18.7. The fourth-order valence-electron chi connectivity index (χ4n) is 2.59. The van der Waals surface area contributed by atoms with E-state index < -0.39 is 36.0 Å². The minimum atomic E-state index is -5.09. The van der Waals surface area contributed by atoms with Gasteiger partial charge in [-0.05, 0) is 23.5 Å². The fourth-order valence-corrected chi connectivity index (χ4v) is 2.59. The summed E-state index contributed by atoms with van der Waals surface area (Å²) in [7, 11) is 7.03. The molecule has 0 fully saturated rings. The molecule has 2 radical (unpaired) electrons. The standard InChI is InChI=1S/C15H18BF3O4/c1-13(2,10-6-9(16)4-5-11(10)23-3)8-14(22,7-12(20)21)15(17,18)19/h4-6,22H,7-8H2,1-3H3,(H,20,21). The molecule has 2 N–H and O–H groups in total. The van der Waals surface area contributed by atoms with Crippen LogP contribution in [-0.2, 0) is 10.2 Å². The highest BCUT2D eigenvalue weighted by molar-refractivity contribution is 6.32. The van der Waals surface area contributed by atoms with E-state index in [0.29, 0.717) is 16.8 Å². The molecular weight excluding hydrogens is 312 g/mol. The number of carboxylic acids is 1. The zero-order valence-electron chi connectivity index (χ0n) is 13.1. The summed E-state index contributed by atoms with van der Waals surface area (Å²) in [5.41, 5.74) is -3.92. The van der Waals surface area contributed by atoms with Gasteiger partial charge in [0.25, 0.3) is 0 Å². The van der Waals surface area contributed by atoms with Gasteiger partial charge < -0.3 is 14.9 Å². The highest BCUT2D eigenvalue weighted by atomic mass is 19.4. The van der Waals surface area contributed by atoms with E-state index in [0.717, 1.165) is 0 Å². The van der Waals surface area contributed by atoms with Crippen LogP contribution >= 0.6 is 0 Å². The first-order chi connectivity index (χ1) is 10.3. The average Bonchev–Trinajstić information content (AvgIpc) is 2.35. The van der Waals surface area contributed by atoms with Crippen LogP contribution in [-0.4, -0.2) is 42.9 Å². The zero-order valence-corrected chi connectivity index (χ0v) is 13.1. The Bertz CT molecular complexity index is 587. The summed E-state index contributed by atoms with van der Waals surface area (Å²) in [6.45, 7) is 2.92. The van der Waals surface area contributed by atoms with Crippen molar-refractivity contribution in [2.24, 2.45) is 0 Å². The monoisotopic (exact) mass is 330 g/mol. The van der Waals surface area contributed by atoms with E-state index in [4.69, 9.17) is 17.7 Å². The van der Waals surface area contributed by atoms with Crippen LogP contribution in [0.25, 0.3) is 0 Å². The quantitative estimate of drug-likeness (QED) is 0.782. The van der Waals surface area contributed by atoms with Crippen LogP contribution in [0.15, 0.2) is 18.2 Å². The van der Waals surface area contributed by atoms with Crippen LogP contribution < -0.4 is 10.2 Å². The van der Waals surface area contributed by atoms with Crippen LogP contribution in [0, 0.1) is 0 Å². The van der Waals surface area contributed by atoms with Crippen molar-refractivity contribution >= 4 is 19.3 Å². The molecule has 126 valence electrons. The number of aliphatic carboxylic acids is 1. The van der Waals surface area contributed by atoms with Crippen molar-refractivity contribution in [1.82, 2.24) is 0 Å². The Morgan fingerprint density at radius 1 is 1.30 bits per heavy atom. The number of ether oxygens (including phenoxy) is 1. The van der Waals surface area contributed by atoms with Gasteiger partial charge >= 0.3 is 12.1 Å². The number of rotatable bonds is 6. The number of aliphatic hydroxyl groups is 1. The first kappa shape index (κ1) is 19.4. The van der Waals surface area contributed by atoms with Crippen LogP contribution in [0.3, 0.4) is 0 Å². The lowest BCUT2D eigenvalue weighted by molar-refractivity contribution is -0.269. The number of carboxylic acid groups (broad SMARTS) is 1. The lowest BCUT2D eigenvalue weighted by Crippen LogP contribution is -2.50. The van der Waals surface area contributed by atoms with Gasteiger partial charge in [0.15, 0.2) is 5.60 Å². The van der Waals surface area contributed by atoms with Crippen molar-refractivity contribution in [3.05, 3.63) is 23.8 Å². The van der Waals surface area contributed by atoms with Gasteiger partial charge in [0.1, 0.15) is 13.6 Å². The molecule has 0 heterocycles. The maximum absolute atomic E-state index is 13.2. The molecule has 1 aromatic carbocycles. The number of halogens is 3. The normalized spacial score (nSPS) is 15.1. The van der Waals surface area contributed by atoms with Gasteiger partial charge in [0, 0.05) is 0 Å². The van der Waals surface area contributed by atoms with Crippen molar-refractivity contribution in [1.29, 1.82) is 0 Å². The summed E-state index contributed by atoms with van der Waals surface area (Å²) in [5.74, 6) is -1.43. The summed E-state index contributed by atoms with van der Waals surface area (Å²) < 4.78 is 44.7. The van der Waals surface area contributed by atoms with Gasteiger partial charge in [-0.15, -0.1) is 0 Å². The third-order valence-electron chi connectivity index (χ3n) is 3.66. The van der Waals surface area contributed by atoms with Gasteiger partial charge in [0.2, 0.25) is 0 Å². The first-order valence-corrected chi connectivity index (χ1v) is 6.77. The zero-order chi connectivity index (χ0) is 18.1. The lowest BCUT2D eigenvalue weighted by atomic mass is 9.72. The Kier molecular flexibility index (Phi) is 5.41. The summed E-state index contributed by atoms with van der Waals surface area (Å²) in [4.78, 5) is 10.8. The molecule has 0 aromatic heterocycles. The number of hydrogen-bond acceptors (Lipinski definition) is 3. The van der Waals surface area contributed by atoms with E-state index in [9.17, 15) is 23.1 Å². The van der Waals surface area contributed by atoms with Gasteiger partial charge in [-0.1, -0.05) is 31.4 Å². The molecule has 1 rings (SSSR count). The Morgan fingerprint density at radius 3 is 2.30 bits per heavy atom. The van der Waals surface area contributed by atoms with Crippen molar-refractivity contribution in [2.45, 2.75) is 43.9 Å². The van der Waals surface area contributed by atoms with E-state index in [-0.39, 0.29) is 0 Å². The predicted molar refractivity (Wildman–Crippen MR) is 79.3 cm³/mol. The maximum atomic E-state index is 13.2. The van der Waals surface area contributed by atoms with Crippen molar-refractivity contribution in [3.63, 3.8) is 0 Å². The molecule has 4 nitrogen and oxygen atoms in total. The number of hydrogen-bond donors (Lipinski definition) is 2. The van der Waals surface area contributed by atoms with E-state index in [1.807, 2.05) is 0 Å². The van der Waals surface area contributed by atoms with Crippen molar-refractivity contribution < 1.29 is 32.9 Å². The van der Waals surface area contributed by atoms with E-state index in [2.05, 4.69) is 0 Å². The molecule has 0 bridgehead atoms. The van der Waals surface area contributed by atoms with Crippen LogP contribution in [0.4, 0.5) is 13.2 Å². The highest BCUT2D eigenvalue weighted by Crippen LogP contribution is 2.44. The van der Waals surface area contributed by atoms with E-state index in [1.54, 1.807) is 0 Å². The SMILES string of the molecule is [B]c1ccc(OC)c(C(C)(C)CC(O)(CC(=O)O)C(F)(F)F)c1. The summed E-state index contributed by atoms with van der Waals surface area (Å²) >= 11 is 0. The Hall–Kier alpha value is -1.70. The molecule has 0 aliphatic carbocycles. The molecule has 1 atom stereocenters. The number of benzene rings is 1. The largest absolute Gasteiger partial charge is 0.496 e. The minimum absolute atomic E-state index is 0.309. The summed E-state index contributed by atoms with van der Waals surface area (Å²) in [6, 6.07) is 4.50. The fraction of sp³-hybridized carbons (Fsp3) is 0.533. The maximum Gasteiger partial charge on any atom is 0.417 e. The second-order valence-corrected chi connectivity index (χ2v) is 6.12. The smallest absolute Gasteiger partial charge is 0.417 e. The average molecular weight is 330 g/mol. The van der Waals surface area contributed by atoms with Gasteiger partial charge in [-0.3, -0.25) is 4.79 Å². The number of alkyl halides is 3. The van der Waals surface area contributed by atoms with Crippen molar-refractivity contribution in [2.75, 3.05) is 7.11 Å². The first-order valence-electron chi connectivity index (χ1n) is 6.77. The predicted octanol–water partition coefficient (Wildman–Crippen LogP) is 1.92. The van der Waals surface area contributed by atoms with Gasteiger partial charge in [0.05, 0.1) is 13.5 Å². The Balaban J connectivity index is 3.31. The molecular formula is C15H18BF3O4. The third-order valence-corrected chi connectivity index (χ3v) is 3.66. The molecule has 1 aromatic rings. The summed E-state index contributed by atoms with van der Waals surface area (Å²) in [6.07, 6.45) is -7.38. The topological polar surface area (TPSA) is 66.8 Å². The van der Waals surface area contributed by atoms with Crippen molar-refractivity contribution in [3.8, 4) is 5.75 Å². The van der Waals surface area contributed by atoms with E-state index >= 15 is 0 Å². The molecule has 1 unspecified atom stereocenters. The second-order valence-electron chi connectivity index (χ2n) is 6.12. The molecule has 0 saturated carbocycles. The number of methoxy groups -OCH3 is 1. The molecule has 0 spiro atoms. The van der Waals surface area contributed by atoms with E-state index in [1.165, 1.54) is 39.2 Å². The molecule has 8 heteroatoms. The molecule has 23 heavy (non-hydrogen) atoms. The van der Waals surface area contributed by atoms with Crippen LogP contribution in [0.1, 0.15) is 32.3 Å². The third kappa shape index (κ3) is 4.40. The van der Waals surface area contributed by atoms with Crippen LogP contribution in [0.5, 0.6) is 5.75 Å². The minimum Gasteiger partial charge on any atom is -0.496 e. The highest BCUT2D eigenvalue weighted by Gasteiger charge is 2.57. The molecule has 0 amide bonds. The molecule has 0 saturated heterocycles. The lowest BCUT2D eigenvalue weighted by Gasteiger charge is -2.37. The molecule has 0 aliphatic heterocycles. The molecule has 0 aliphatic rings. The van der Waals surface area contributed by atoms with Gasteiger partial charge in [-0.25, -0.2) is 0 Å². The second kappa shape index (κ2) is 6.43. The number of carbonyl (C=O) groups is 1. The van der Waals surface area contributed by atoms with Crippen LogP contribution in [0.2, 0.25) is 0 Å². The van der Waals surface area contributed by atoms with Gasteiger partial charge in [-0.2, -0.15) is 13.2 Å². The Labute approximate surface area is 133 Å².